The third kappa shape index (κ3) is 9.63. The molecule has 0 aromatic heterocycles. The van der Waals surface area contributed by atoms with Gasteiger partial charge in [0.2, 0.25) is 5.91 Å². The van der Waals surface area contributed by atoms with E-state index in [9.17, 15) is 14.7 Å². The molecule has 1 aliphatic heterocycles. The van der Waals surface area contributed by atoms with Gasteiger partial charge in [-0.1, -0.05) is 51.2 Å². The molecule has 1 unspecified atom stereocenters. The van der Waals surface area contributed by atoms with Crippen LogP contribution in [-0.4, -0.2) is 45.7 Å². The maximum Gasteiger partial charge on any atom is 0.303 e. The highest BCUT2D eigenvalue weighted by atomic mass is 16.4. The van der Waals surface area contributed by atoms with E-state index in [1.807, 2.05) is 17.1 Å². The molecule has 0 spiro atoms. The molecule has 5 nitrogen and oxygen atoms in total. The van der Waals surface area contributed by atoms with Gasteiger partial charge in [0, 0.05) is 19.4 Å². The van der Waals surface area contributed by atoms with E-state index in [0.29, 0.717) is 12.8 Å². The first-order valence-electron chi connectivity index (χ1n) is 9.92. The maximum atomic E-state index is 12.2. The molecular weight excluding hydrogens is 318 g/mol. The predicted molar refractivity (Wildman–Crippen MR) is 99.4 cm³/mol. The number of amides is 1. The van der Waals surface area contributed by atoms with Crippen LogP contribution in [0.15, 0.2) is 12.2 Å². The van der Waals surface area contributed by atoms with Crippen LogP contribution in [0, 0.1) is 0 Å². The van der Waals surface area contributed by atoms with Crippen LogP contribution in [0.1, 0.15) is 84.0 Å². The van der Waals surface area contributed by atoms with Crippen LogP contribution in [0.2, 0.25) is 0 Å². The van der Waals surface area contributed by atoms with Gasteiger partial charge in [0.15, 0.2) is 0 Å². The van der Waals surface area contributed by atoms with Crippen molar-refractivity contribution in [3.8, 4) is 0 Å². The number of aliphatic hydroxyl groups is 1. The average molecular weight is 354 g/mol. The Bertz CT molecular complexity index is 422. The molecule has 1 amide bonds. The van der Waals surface area contributed by atoms with Crippen LogP contribution in [0.3, 0.4) is 0 Å². The molecule has 1 rings (SSSR count). The Morgan fingerprint density at radius 2 is 2.00 bits per heavy atom. The summed E-state index contributed by atoms with van der Waals surface area (Å²) in [4.78, 5) is 24.7. The Labute approximate surface area is 152 Å². The second kappa shape index (κ2) is 12.9. The number of rotatable bonds is 13. The molecule has 0 aromatic carbocycles. The number of aliphatic carboxylic acids is 1. The highest BCUT2D eigenvalue weighted by Crippen LogP contribution is 2.21. The molecule has 1 fully saturated rings. The first kappa shape index (κ1) is 21.7. The first-order valence-corrected chi connectivity index (χ1v) is 9.92. The van der Waals surface area contributed by atoms with Gasteiger partial charge in [-0.3, -0.25) is 9.59 Å². The van der Waals surface area contributed by atoms with Crippen molar-refractivity contribution >= 4 is 11.9 Å². The number of carboxylic acids is 1. The van der Waals surface area contributed by atoms with Crippen LogP contribution in [0.4, 0.5) is 0 Å². The summed E-state index contributed by atoms with van der Waals surface area (Å²) in [5.41, 5.74) is 0. The van der Waals surface area contributed by atoms with Gasteiger partial charge < -0.3 is 15.1 Å². The minimum atomic E-state index is -0.742. The molecule has 144 valence electrons. The van der Waals surface area contributed by atoms with Gasteiger partial charge in [-0.2, -0.15) is 0 Å². The number of piperidine rings is 1. The minimum Gasteiger partial charge on any atom is -0.481 e. The summed E-state index contributed by atoms with van der Waals surface area (Å²) in [5, 5.41) is 18.7. The number of carbonyl (C=O) groups excluding carboxylic acids is 1. The molecule has 1 saturated heterocycles. The van der Waals surface area contributed by atoms with E-state index < -0.39 is 12.1 Å². The largest absolute Gasteiger partial charge is 0.481 e. The highest BCUT2D eigenvalue weighted by Gasteiger charge is 2.25. The summed E-state index contributed by atoms with van der Waals surface area (Å²) in [6.45, 7) is 2.88. The van der Waals surface area contributed by atoms with Gasteiger partial charge in [-0.05, 0) is 32.1 Å². The van der Waals surface area contributed by atoms with Gasteiger partial charge in [-0.25, -0.2) is 0 Å². The molecule has 0 aliphatic carbocycles. The lowest BCUT2D eigenvalue weighted by molar-refractivity contribution is -0.137. The summed E-state index contributed by atoms with van der Waals surface area (Å²) in [6, 6.07) is 0.0982. The smallest absolute Gasteiger partial charge is 0.303 e. The summed E-state index contributed by atoms with van der Waals surface area (Å²) < 4.78 is 0. The number of unbranched alkanes of at least 4 members (excludes halogenated alkanes) is 5. The molecule has 25 heavy (non-hydrogen) atoms. The molecule has 1 aliphatic rings. The zero-order valence-electron chi connectivity index (χ0n) is 15.7. The Morgan fingerprint density at radius 1 is 1.24 bits per heavy atom. The Balaban J connectivity index is 2.36. The van der Waals surface area contributed by atoms with Crippen molar-refractivity contribution in [2.75, 3.05) is 6.54 Å². The quantitative estimate of drug-likeness (QED) is 0.389. The van der Waals surface area contributed by atoms with Crippen molar-refractivity contribution < 1.29 is 19.8 Å². The predicted octanol–water partition coefficient (Wildman–Crippen LogP) is 3.90. The topological polar surface area (TPSA) is 77.8 Å². The second-order valence-corrected chi connectivity index (χ2v) is 7.05. The highest BCUT2D eigenvalue weighted by molar-refractivity contribution is 5.77. The Kier molecular flexibility index (Phi) is 11.2. The van der Waals surface area contributed by atoms with E-state index in [1.165, 1.54) is 0 Å². The fourth-order valence-electron chi connectivity index (χ4n) is 3.31. The lowest BCUT2D eigenvalue weighted by Gasteiger charge is -2.34. The summed E-state index contributed by atoms with van der Waals surface area (Å²) in [5.74, 6) is -0.541. The third-order valence-electron chi connectivity index (χ3n) is 4.81. The molecule has 2 N–H and O–H groups in total. The Hall–Kier alpha value is -1.36. The molecular formula is C20H35NO4. The van der Waals surface area contributed by atoms with Crippen LogP contribution in [-0.2, 0) is 9.59 Å². The van der Waals surface area contributed by atoms with Crippen LogP contribution in [0.5, 0.6) is 0 Å². The third-order valence-corrected chi connectivity index (χ3v) is 4.81. The minimum absolute atomic E-state index is 0.0982. The maximum absolute atomic E-state index is 12.2. The second-order valence-electron chi connectivity index (χ2n) is 7.05. The van der Waals surface area contributed by atoms with Gasteiger partial charge >= 0.3 is 5.97 Å². The normalized spacial score (nSPS) is 19.5. The van der Waals surface area contributed by atoms with E-state index in [-0.39, 0.29) is 18.4 Å². The number of likely N-dealkylation sites (tertiary alicyclic amines) is 1. The van der Waals surface area contributed by atoms with Gasteiger partial charge in [-0.15, -0.1) is 0 Å². The lowest BCUT2D eigenvalue weighted by Crippen LogP contribution is -2.43. The van der Waals surface area contributed by atoms with E-state index >= 15 is 0 Å². The van der Waals surface area contributed by atoms with Crippen molar-refractivity contribution in [3.05, 3.63) is 12.2 Å². The number of hydrogen-bond donors (Lipinski definition) is 2. The molecule has 0 radical (unpaired) electrons. The fourth-order valence-corrected chi connectivity index (χ4v) is 3.31. The number of hydrogen-bond acceptors (Lipinski definition) is 3. The molecule has 0 aromatic rings. The van der Waals surface area contributed by atoms with Crippen molar-refractivity contribution in [2.24, 2.45) is 0 Å². The van der Waals surface area contributed by atoms with Crippen molar-refractivity contribution in [2.45, 2.75) is 96.1 Å². The molecule has 1 heterocycles. The van der Waals surface area contributed by atoms with Crippen LogP contribution >= 0.6 is 0 Å². The van der Waals surface area contributed by atoms with Crippen molar-refractivity contribution in [1.82, 2.24) is 4.90 Å². The van der Waals surface area contributed by atoms with Crippen LogP contribution in [0.25, 0.3) is 0 Å². The zero-order valence-corrected chi connectivity index (χ0v) is 15.7. The number of aliphatic hydroxyl groups excluding tert-OH is 1. The van der Waals surface area contributed by atoms with E-state index in [2.05, 4.69) is 6.92 Å². The molecule has 2 atom stereocenters. The monoisotopic (exact) mass is 353 g/mol. The van der Waals surface area contributed by atoms with Crippen LogP contribution < -0.4 is 0 Å². The number of carboxylic acid groups (broad SMARTS) is 1. The number of nitrogens with zero attached hydrogens (tertiary/aromatic N) is 1. The standard InChI is InChI=1S/C20H35NO4/c1-2-3-6-11-18(22)15-14-17-10-9-12-19(23)21(17)16-8-5-4-7-13-20(24)25/h14-15,17-18,22H,2-13,16H2,1H3,(H,24,25)/b15-14+/t17?,18-/m1/s1. The van der Waals surface area contributed by atoms with E-state index in [0.717, 1.165) is 64.3 Å². The summed E-state index contributed by atoms with van der Waals surface area (Å²) in [6.07, 6.45) is 13.7. The first-order chi connectivity index (χ1) is 12.0. The van der Waals surface area contributed by atoms with Gasteiger partial charge in [0.05, 0.1) is 12.1 Å². The van der Waals surface area contributed by atoms with E-state index in [4.69, 9.17) is 5.11 Å². The van der Waals surface area contributed by atoms with Gasteiger partial charge in [0.1, 0.15) is 0 Å². The van der Waals surface area contributed by atoms with Crippen molar-refractivity contribution in [1.29, 1.82) is 0 Å². The molecule has 0 saturated carbocycles. The zero-order chi connectivity index (χ0) is 18.5. The SMILES string of the molecule is CCCCC[C@@H](O)/C=C/C1CCCC(=O)N1CCCCCCC(=O)O. The summed E-state index contributed by atoms with van der Waals surface area (Å²) in [7, 11) is 0. The lowest BCUT2D eigenvalue weighted by atomic mass is 9.99. The van der Waals surface area contributed by atoms with Gasteiger partial charge in [0.25, 0.3) is 0 Å². The number of carbonyl (C=O) groups is 2. The molecule has 0 bridgehead atoms. The fraction of sp³-hybridized carbons (Fsp3) is 0.800. The average Bonchev–Trinajstić information content (AvgIpc) is 2.57. The Morgan fingerprint density at radius 3 is 2.72 bits per heavy atom. The summed E-state index contributed by atoms with van der Waals surface area (Å²) >= 11 is 0. The van der Waals surface area contributed by atoms with Crippen molar-refractivity contribution in [3.63, 3.8) is 0 Å². The molecule has 5 heteroatoms. The van der Waals surface area contributed by atoms with E-state index in [1.54, 1.807) is 0 Å².